The molecule has 2 aliphatic heterocycles. The number of piperidine rings is 2. The van der Waals surface area contributed by atoms with Gasteiger partial charge in [-0.05, 0) is 61.3 Å². The molecule has 5 nitrogen and oxygen atoms in total. The Labute approximate surface area is 200 Å². The third-order valence-electron chi connectivity index (χ3n) is 6.75. The summed E-state index contributed by atoms with van der Waals surface area (Å²) >= 11 is 3.38. The van der Waals surface area contributed by atoms with E-state index in [1.165, 1.54) is 5.56 Å². The fraction of sp³-hybridized carbons (Fsp3) is 0.480. The first-order chi connectivity index (χ1) is 15.4. The van der Waals surface area contributed by atoms with Gasteiger partial charge in [0, 0.05) is 36.6 Å². The van der Waals surface area contributed by atoms with Gasteiger partial charge in [-0.1, -0.05) is 58.4 Å². The highest BCUT2D eigenvalue weighted by atomic mass is 79.9. The summed E-state index contributed by atoms with van der Waals surface area (Å²) in [6, 6.07) is 17.9. The highest BCUT2D eigenvalue weighted by Gasteiger charge is 2.34. The number of hydrogen-bond donors (Lipinski definition) is 0. The summed E-state index contributed by atoms with van der Waals surface area (Å²) in [6.07, 6.45) is 4.39. The average Bonchev–Trinajstić information content (AvgIpc) is 2.81. The van der Waals surface area contributed by atoms with E-state index in [1.54, 1.807) is 4.31 Å². The largest absolute Gasteiger partial charge is 0.342 e. The Kier molecular flexibility index (Phi) is 7.69. The van der Waals surface area contributed by atoms with Gasteiger partial charge < -0.3 is 4.90 Å². The molecule has 172 valence electrons. The molecule has 32 heavy (non-hydrogen) atoms. The minimum atomic E-state index is -3.37. The first kappa shape index (κ1) is 23.5. The molecule has 0 N–H and O–H groups in total. The first-order valence-electron chi connectivity index (χ1n) is 11.5. The SMILES string of the molecule is O=C(C1CCN(S(=O)(=O)Cc2ccc(Br)cc2)CC1)N1CCC(Cc2ccccc2)CC1. The molecule has 0 saturated carbocycles. The van der Waals surface area contributed by atoms with Crippen molar-refractivity contribution in [3.63, 3.8) is 0 Å². The molecular formula is C25H31BrN2O3S. The Morgan fingerprint density at radius 3 is 2.09 bits per heavy atom. The van der Waals surface area contributed by atoms with Crippen LogP contribution in [-0.2, 0) is 27.0 Å². The van der Waals surface area contributed by atoms with Crippen LogP contribution in [0.4, 0.5) is 0 Å². The predicted molar refractivity (Wildman–Crippen MR) is 131 cm³/mol. The smallest absolute Gasteiger partial charge is 0.225 e. The molecule has 0 radical (unpaired) electrons. The van der Waals surface area contributed by atoms with E-state index in [0.29, 0.717) is 31.8 Å². The van der Waals surface area contributed by atoms with Gasteiger partial charge in [-0.2, -0.15) is 0 Å². The van der Waals surface area contributed by atoms with Gasteiger partial charge in [0.05, 0.1) is 5.75 Å². The van der Waals surface area contributed by atoms with Crippen LogP contribution in [0.1, 0.15) is 36.8 Å². The first-order valence-corrected chi connectivity index (χ1v) is 13.9. The number of hydrogen-bond acceptors (Lipinski definition) is 3. The van der Waals surface area contributed by atoms with Crippen molar-refractivity contribution in [2.45, 2.75) is 37.9 Å². The number of amides is 1. The van der Waals surface area contributed by atoms with Crippen LogP contribution in [0.15, 0.2) is 59.1 Å². The molecule has 0 aromatic heterocycles. The van der Waals surface area contributed by atoms with Crippen LogP contribution in [0.25, 0.3) is 0 Å². The normalized spacial score (nSPS) is 19.2. The molecular weight excluding hydrogens is 488 g/mol. The molecule has 2 aromatic carbocycles. The second kappa shape index (κ2) is 10.5. The van der Waals surface area contributed by atoms with Crippen molar-refractivity contribution in [3.05, 3.63) is 70.2 Å². The van der Waals surface area contributed by atoms with Crippen molar-refractivity contribution in [1.82, 2.24) is 9.21 Å². The van der Waals surface area contributed by atoms with Gasteiger partial charge in [-0.3, -0.25) is 4.79 Å². The van der Waals surface area contributed by atoms with Gasteiger partial charge in [0.2, 0.25) is 15.9 Å². The van der Waals surface area contributed by atoms with E-state index in [2.05, 4.69) is 40.2 Å². The lowest BCUT2D eigenvalue weighted by Gasteiger charge is -2.37. The molecule has 7 heteroatoms. The molecule has 0 aliphatic carbocycles. The molecule has 2 heterocycles. The fourth-order valence-electron chi connectivity index (χ4n) is 4.83. The second-order valence-electron chi connectivity index (χ2n) is 9.01. The Hall–Kier alpha value is -1.70. The van der Waals surface area contributed by atoms with E-state index in [9.17, 15) is 13.2 Å². The zero-order chi connectivity index (χ0) is 22.6. The van der Waals surface area contributed by atoms with E-state index in [-0.39, 0.29) is 17.6 Å². The van der Waals surface area contributed by atoms with E-state index >= 15 is 0 Å². The molecule has 0 atom stereocenters. The van der Waals surface area contributed by atoms with Crippen LogP contribution in [0.3, 0.4) is 0 Å². The number of likely N-dealkylation sites (tertiary alicyclic amines) is 1. The molecule has 4 rings (SSSR count). The molecule has 2 aliphatic rings. The van der Waals surface area contributed by atoms with Gasteiger partial charge in [0.15, 0.2) is 0 Å². The van der Waals surface area contributed by atoms with Gasteiger partial charge >= 0.3 is 0 Å². The summed E-state index contributed by atoms with van der Waals surface area (Å²) in [5.41, 5.74) is 2.15. The predicted octanol–water partition coefficient (Wildman–Crippen LogP) is 4.47. The fourth-order valence-corrected chi connectivity index (χ4v) is 6.65. The van der Waals surface area contributed by atoms with Crippen LogP contribution in [0, 0.1) is 11.8 Å². The van der Waals surface area contributed by atoms with E-state index in [4.69, 9.17) is 0 Å². The third-order valence-corrected chi connectivity index (χ3v) is 9.13. The lowest BCUT2D eigenvalue weighted by molar-refractivity contribution is -0.138. The number of nitrogens with zero attached hydrogens (tertiary/aromatic N) is 2. The van der Waals surface area contributed by atoms with Crippen LogP contribution in [0.5, 0.6) is 0 Å². The van der Waals surface area contributed by atoms with Crippen molar-refractivity contribution in [2.24, 2.45) is 11.8 Å². The molecule has 0 unspecified atom stereocenters. The van der Waals surface area contributed by atoms with Gasteiger partial charge in [-0.15, -0.1) is 0 Å². The minimum Gasteiger partial charge on any atom is -0.342 e. The van der Waals surface area contributed by atoms with E-state index in [0.717, 1.165) is 42.4 Å². The maximum absolute atomic E-state index is 13.1. The quantitative estimate of drug-likeness (QED) is 0.566. The van der Waals surface area contributed by atoms with Crippen molar-refractivity contribution < 1.29 is 13.2 Å². The van der Waals surface area contributed by atoms with Crippen LogP contribution < -0.4 is 0 Å². The highest BCUT2D eigenvalue weighted by molar-refractivity contribution is 9.10. The zero-order valence-electron chi connectivity index (χ0n) is 18.3. The Bertz CT molecular complexity index is 995. The van der Waals surface area contributed by atoms with Crippen LogP contribution in [-0.4, -0.2) is 49.7 Å². The second-order valence-corrected chi connectivity index (χ2v) is 11.9. The lowest BCUT2D eigenvalue weighted by Crippen LogP contribution is -2.46. The topological polar surface area (TPSA) is 57.7 Å². The monoisotopic (exact) mass is 518 g/mol. The van der Waals surface area contributed by atoms with Crippen molar-refractivity contribution >= 4 is 31.9 Å². The highest BCUT2D eigenvalue weighted by Crippen LogP contribution is 2.27. The summed E-state index contributed by atoms with van der Waals surface area (Å²) in [7, 11) is -3.37. The number of rotatable bonds is 6. The Balaban J connectivity index is 1.24. The van der Waals surface area contributed by atoms with Crippen LogP contribution in [0.2, 0.25) is 0 Å². The summed E-state index contributed by atoms with van der Waals surface area (Å²) in [4.78, 5) is 15.1. The molecule has 1 amide bonds. The molecule has 0 spiro atoms. The molecule has 2 saturated heterocycles. The van der Waals surface area contributed by atoms with Crippen molar-refractivity contribution in [3.8, 4) is 0 Å². The van der Waals surface area contributed by atoms with Crippen molar-refractivity contribution in [1.29, 1.82) is 0 Å². The number of carbonyl (C=O) groups excluding carboxylic acids is 1. The van der Waals surface area contributed by atoms with E-state index in [1.807, 2.05) is 35.2 Å². The number of halogens is 1. The molecule has 2 aromatic rings. The zero-order valence-corrected chi connectivity index (χ0v) is 20.7. The minimum absolute atomic E-state index is 0.00776. The number of carbonyl (C=O) groups is 1. The molecule has 2 fully saturated rings. The maximum atomic E-state index is 13.1. The Morgan fingerprint density at radius 1 is 0.844 bits per heavy atom. The number of sulfonamides is 1. The third kappa shape index (κ3) is 6.00. The summed E-state index contributed by atoms with van der Waals surface area (Å²) < 4.78 is 28.1. The lowest BCUT2D eigenvalue weighted by atomic mass is 9.89. The summed E-state index contributed by atoms with van der Waals surface area (Å²) in [6.45, 7) is 2.50. The standard InChI is InChI=1S/C25H31BrN2O3S/c26-24-8-6-22(7-9-24)19-32(30,31)28-16-12-23(13-17-28)25(29)27-14-10-21(11-15-27)18-20-4-2-1-3-5-20/h1-9,21,23H,10-19H2. The Morgan fingerprint density at radius 2 is 1.47 bits per heavy atom. The van der Waals surface area contributed by atoms with E-state index < -0.39 is 10.0 Å². The average molecular weight is 520 g/mol. The van der Waals surface area contributed by atoms with Crippen LogP contribution >= 0.6 is 15.9 Å². The molecule has 0 bridgehead atoms. The van der Waals surface area contributed by atoms with Crippen molar-refractivity contribution in [2.75, 3.05) is 26.2 Å². The maximum Gasteiger partial charge on any atom is 0.225 e. The van der Waals surface area contributed by atoms with Gasteiger partial charge in [0.1, 0.15) is 0 Å². The van der Waals surface area contributed by atoms with Gasteiger partial charge in [-0.25, -0.2) is 12.7 Å². The summed E-state index contributed by atoms with van der Waals surface area (Å²) in [5, 5.41) is 0. The van der Waals surface area contributed by atoms with Gasteiger partial charge in [0.25, 0.3) is 0 Å². The number of benzene rings is 2. The summed E-state index contributed by atoms with van der Waals surface area (Å²) in [5.74, 6) is 0.799.